The molecule has 30 heavy (non-hydrogen) atoms. The Hall–Kier alpha value is -4.26. The fraction of sp³-hybridized carbons (Fsp3) is 0.0435. The molecule has 148 valence electrons. The first-order chi connectivity index (χ1) is 14.6. The SMILES string of the molecule is Cc1c(-c2ccccc2)oc2c(C(=O)NNC(=O)c3cccnc3)cccc2c1=O. The van der Waals surface area contributed by atoms with Gasteiger partial charge in [-0.1, -0.05) is 36.4 Å². The molecule has 2 N–H and O–H groups in total. The molecule has 0 saturated carbocycles. The van der Waals surface area contributed by atoms with E-state index in [1.165, 1.54) is 12.3 Å². The zero-order chi connectivity index (χ0) is 21.1. The molecule has 2 heterocycles. The minimum Gasteiger partial charge on any atom is -0.455 e. The molecule has 0 aliphatic heterocycles. The molecule has 2 aromatic carbocycles. The molecule has 0 atom stereocenters. The number of aromatic nitrogens is 1. The second kappa shape index (κ2) is 8.00. The number of benzene rings is 2. The van der Waals surface area contributed by atoms with E-state index < -0.39 is 11.8 Å². The van der Waals surface area contributed by atoms with Gasteiger partial charge >= 0.3 is 0 Å². The minimum atomic E-state index is -0.608. The Morgan fingerprint density at radius 2 is 1.67 bits per heavy atom. The largest absolute Gasteiger partial charge is 0.455 e. The number of hydrogen-bond donors (Lipinski definition) is 2. The zero-order valence-electron chi connectivity index (χ0n) is 16.0. The van der Waals surface area contributed by atoms with Gasteiger partial charge in [0, 0.05) is 23.5 Å². The molecular weight excluding hydrogens is 382 g/mol. The van der Waals surface area contributed by atoms with Crippen LogP contribution >= 0.6 is 0 Å². The van der Waals surface area contributed by atoms with Crippen LogP contribution < -0.4 is 16.3 Å². The Labute approximate surface area is 171 Å². The fourth-order valence-corrected chi connectivity index (χ4v) is 3.10. The van der Waals surface area contributed by atoms with E-state index in [9.17, 15) is 14.4 Å². The van der Waals surface area contributed by atoms with Crippen molar-refractivity contribution in [2.24, 2.45) is 0 Å². The van der Waals surface area contributed by atoms with E-state index in [4.69, 9.17) is 4.42 Å². The van der Waals surface area contributed by atoms with E-state index in [2.05, 4.69) is 15.8 Å². The van der Waals surface area contributed by atoms with Crippen molar-refractivity contribution in [3.05, 3.63) is 100.0 Å². The highest BCUT2D eigenvalue weighted by Gasteiger charge is 2.19. The van der Waals surface area contributed by atoms with Crippen LogP contribution in [-0.4, -0.2) is 16.8 Å². The third kappa shape index (κ3) is 3.56. The number of fused-ring (bicyclic) bond motifs is 1. The molecule has 4 aromatic rings. The van der Waals surface area contributed by atoms with Crippen LogP contribution in [0.5, 0.6) is 0 Å². The molecule has 0 bridgehead atoms. The number of hydrogen-bond acceptors (Lipinski definition) is 5. The number of pyridine rings is 1. The van der Waals surface area contributed by atoms with Crippen LogP contribution in [0.1, 0.15) is 26.3 Å². The maximum Gasteiger partial charge on any atom is 0.273 e. The minimum absolute atomic E-state index is 0.133. The topological polar surface area (TPSA) is 101 Å². The number of carbonyl (C=O) groups excluding carboxylic acids is 2. The first-order valence-corrected chi connectivity index (χ1v) is 9.19. The number of amides is 2. The second-order valence-corrected chi connectivity index (χ2v) is 6.58. The highest BCUT2D eigenvalue weighted by atomic mass is 16.3. The molecular formula is C23H17N3O4. The predicted octanol–water partition coefficient (Wildman–Crippen LogP) is 3.24. The maximum absolute atomic E-state index is 12.9. The van der Waals surface area contributed by atoms with Crippen LogP contribution in [0.4, 0.5) is 0 Å². The number of nitrogens with zero attached hydrogens (tertiary/aromatic N) is 1. The van der Waals surface area contributed by atoms with Crippen molar-refractivity contribution in [2.45, 2.75) is 6.92 Å². The fourth-order valence-electron chi connectivity index (χ4n) is 3.10. The van der Waals surface area contributed by atoms with E-state index in [0.717, 1.165) is 5.56 Å². The molecule has 2 aromatic heterocycles. The van der Waals surface area contributed by atoms with Crippen molar-refractivity contribution in [1.82, 2.24) is 15.8 Å². The first kappa shape index (κ1) is 19.1. The predicted molar refractivity (Wildman–Crippen MR) is 112 cm³/mol. The second-order valence-electron chi connectivity index (χ2n) is 6.58. The molecule has 2 amide bonds. The summed E-state index contributed by atoms with van der Waals surface area (Å²) < 4.78 is 6.02. The number of rotatable bonds is 3. The Bertz CT molecular complexity index is 1300. The maximum atomic E-state index is 12.9. The Morgan fingerprint density at radius 3 is 2.40 bits per heavy atom. The van der Waals surface area contributed by atoms with E-state index in [0.29, 0.717) is 22.3 Å². The highest BCUT2D eigenvalue weighted by Crippen LogP contribution is 2.27. The Morgan fingerprint density at radius 1 is 0.900 bits per heavy atom. The zero-order valence-corrected chi connectivity index (χ0v) is 16.0. The molecule has 7 heteroatoms. The third-order valence-corrected chi connectivity index (χ3v) is 4.64. The standard InChI is InChI=1S/C23H17N3O4/c1-14-19(27)17-10-5-11-18(21(17)30-20(14)15-7-3-2-4-8-15)23(29)26-25-22(28)16-9-6-12-24-13-16/h2-13H,1H3,(H,25,28)(H,26,29). The van der Waals surface area contributed by atoms with Crippen molar-refractivity contribution in [3.8, 4) is 11.3 Å². The van der Waals surface area contributed by atoms with Crippen LogP contribution in [0.25, 0.3) is 22.3 Å². The summed E-state index contributed by atoms with van der Waals surface area (Å²) >= 11 is 0. The van der Waals surface area contributed by atoms with Gasteiger partial charge in [0.1, 0.15) is 5.76 Å². The summed E-state index contributed by atoms with van der Waals surface area (Å²) in [6, 6.07) is 17.1. The van der Waals surface area contributed by atoms with E-state index >= 15 is 0 Å². The lowest BCUT2D eigenvalue weighted by Gasteiger charge is -2.11. The number of carbonyl (C=O) groups is 2. The smallest absolute Gasteiger partial charge is 0.273 e. The summed E-state index contributed by atoms with van der Waals surface area (Å²) in [5, 5.41) is 0.290. The summed E-state index contributed by atoms with van der Waals surface area (Å²) in [7, 11) is 0. The van der Waals surface area contributed by atoms with Crippen LogP contribution in [-0.2, 0) is 0 Å². The van der Waals surface area contributed by atoms with Crippen LogP contribution in [0.3, 0.4) is 0 Å². The van der Waals surface area contributed by atoms with Gasteiger partial charge in [-0.2, -0.15) is 0 Å². The number of nitrogens with one attached hydrogen (secondary N) is 2. The van der Waals surface area contributed by atoms with Gasteiger partial charge in [-0.25, -0.2) is 0 Å². The first-order valence-electron chi connectivity index (χ1n) is 9.19. The average molecular weight is 399 g/mol. The summed E-state index contributed by atoms with van der Waals surface area (Å²) in [6.45, 7) is 1.69. The molecule has 0 radical (unpaired) electrons. The summed E-state index contributed by atoms with van der Waals surface area (Å²) in [6.07, 6.45) is 2.92. The number of hydrazine groups is 1. The Kier molecular flexibility index (Phi) is 5.09. The third-order valence-electron chi connectivity index (χ3n) is 4.64. The molecule has 0 saturated heterocycles. The lowest BCUT2D eigenvalue weighted by Crippen LogP contribution is -2.41. The van der Waals surface area contributed by atoms with Gasteiger partial charge in [-0.3, -0.25) is 30.2 Å². The van der Waals surface area contributed by atoms with E-state index in [-0.39, 0.29) is 16.6 Å². The lowest BCUT2D eigenvalue weighted by atomic mass is 10.0. The van der Waals surface area contributed by atoms with Crippen LogP contribution in [0.15, 0.2) is 82.3 Å². The number of para-hydroxylation sites is 1. The van der Waals surface area contributed by atoms with E-state index in [1.54, 1.807) is 37.4 Å². The lowest BCUT2D eigenvalue weighted by molar-refractivity contribution is 0.0846. The summed E-state index contributed by atoms with van der Waals surface area (Å²) in [4.78, 5) is 41.6. The Balaban J connectivity index is 1.70. The van der Waals surface area contributed by atoms with Crippen molar-refractivity contribution < 1.29 is 14.0 Å². The quantitative estimate of drug-likeness (QED) is 0.515. The van der Waals surface area contributed by atoms with Crippen LogP contribution in [0.2, 0.25) is 0 Å². The van der Waals surface area contributed by atoms with Crippen molar-refractivity contribution in [1.29, 1.82) is 0 Å². The molecule has 0 spiro atoms. The van der Waals surface area contributed by atoms with Crippen molar-refractivity contribution in [2.75, 3.05) is 0 Å². The van der Waals surface area contributed by atoms with Crippen molar-refractivity contribution in [3.63, 3.8) is 0 Å². The van der Waals surface area contributed by atoms with Crippen molar-refractivity contribution >= 4 is 22.8 Å². The monoisotopic (exact) mass is 399 g/mol. The molecule has 4 rings (SSSR count). The van der Waals surface area contributed by atoms with Crippen LogP contribution in [0, 0.1) is 6.92 Å². The molecule has 0 aliphatic rings. The van der Waals surface area contributed by atoms with Gasteiger partial charge in [-0.15, -0.1) is 0 Å². The van der Waals surface area contributed by atoms with Gasteiger partial charge in [0.05, 0.1) is 16.5 Å². The normalized spacial score (nSPS) is 10.6. The highest BCUT2D eigenvalue weighted by molar-refractivity contribution is 6.06. The molecule has 7 nitrogen and oxygen atoms in total. The van der Waals surface area contributed by atoms with Gasteiger partial charge in [-0.05, 0) is 31.2 Å². The molecule has 0 unspecified atom stereocenters. The average Bonchev–Trinajstić information content (AvgIpc) is 2.80. The van der Waals surface area contributed by atoms with Gasteiger partial charge in [0.25, 0.3) is 11.8 Å². The molecule has 0 fully saturated rings. The van der Waals surface area contributed by atoms with E-state index in [1.807, 2.05) is 30.3 Å². The molecule has 0 aliphatic carbocycles. The van der Waals surface area contributed by atoms with Gasteiger partial charge < -0.3 is 4.42 Å². The summed E-state index contributed by atoms with van der Waals surface area (Å²) in [5.41, 5.74) is 6.24. The summed E-state index contributed by atoms with van der Waals surface area (Å²) in [5.74, 6) is -0.726. The van der Waals surface area contributed by atoms with Gasteiger partial charge in [0.2, 0.25) is 0 Å². The van der Waals surface area contributed by atoms with Gasteiger partial charge in [0.15, 0.2) is 11.0 Å².